The van der Waals surface area contributed by atoms with E-state index in [9.17, 15) is 4.79 Å². The average molecular weight is 323 g/mol. The van der Waals surface area contributed by atoms with Crippen molar-refractivity contribution in [1.82, 2.24) is 0 Å². The van der Waals surface area contributed by atoms with E-state index in [0.29, 0.717) is 16.5 Å². The maximum Gasteiger partial charge on any atom is 0.323 e. The molecule has 0 unspecified atom stereocenters. The Balaban J connectivity index is 2.09. The number of hydrogen-bond acceptors (Lipinski definition) is 3. The number of carbonyl (C=O) groups is 1. The first-order valence-electron chi connectivity index (χ1n) is 6.18. The minimum Gasteiger partial charge on any atom is -0.495 e. The first kappa shape index (κ1) is 15.5. The molecular formula is C15H15ClN2O2S. The molecule has 4 nitrogen and oxygen atoms in total. The van der Waals surface area contributed by atoms with Crippen LogP contribution in [-0.2, 0) is 0 Å². The van der Waals surface area contributed by atoms with E-state index < -0.39 is 0 Å². The molecule has 0 aromatic heterocycles. The number of anilines is 2. The van der Waals surface area contributed by atoms with Crippen LogP contribution in [0.2, 0.25) is 5.02 Å². The molecule has 0 radical (unpaired) electrons. The third-order valence-electron chi connectivity index (χ3n) is 2.74. The van der Waals surface area contributed by atoms with Gasteiger partial charge in [-0.25, -0.2) is 4.79 Å². The van der Waals surface area contributed by atoms with Gasteiger partial charge in [-0.1, -0.05) is 17.7 Å². The zero-order valence-corrected chi connectivity index (χ0v) is 13.2. The van der Waals surface area contributed by atoms with Crippen LogP contribution in [0.5, 0.6) is 5.75 Å². The Morgan fingerprint density at radius 2 is 2.00 bits per heavy atom. The Morgan fingerprint density at radius 3 is 2.71 bits per heavy atom. The van der Waals surface area contributed by atoms with Crippen molar-refractivity contribution in [1.29, 1.82) is 0 Å². The monoisotopic (exact) mass is 322 g/mol. The molecule has 2 aromatic rings. The number of methoxy groups -OCH3 is 1. The largest absolute Gasteiger partial charge is 0.495 e. The molecule has 0 fully saturated rings. The van der Waals surface area contributed by atoms with Gasteiger partial charge in [0.25, 0.3) is 0 Å². The number of amides is 2. The lowest BCUT2D eigenvalue weighted by Gasteiger charge is -2.12. The molecule has 0 saturated heterocycles. The van der Waals surface area contributed by atoms with Crippen molar-refractivity contribution in [2.45, 2.75) is 4.90 Å². The van der Waals surface area contributed by atoms with Gasteiger partial charge in [-0.2, -0.15) is 0 Å². The summed E-state index contributed by atoms with van der Waals surface area (Å²) in [7, 11) is 1.54. The van der Waals surface area contributed by atoms with Crippen LogP contribution in [0.3, 0.4) is 0 Å². The molecule has 0 atom stereocenters. The minimum absolute atomic E-state index is 0.353. The summed E-state index contributed by atoms with van der Waals surface area (Å²) in [5.74, 6) is 0.549. The summed E-state index contributed by atoms with van der Waals surface area (Å²) in [6, 6.07) is 12.3. The highest BCUT2D eigenvalue weighted by atomic mass is 35.5. The normalized spacial score (nSPS) is 10.0. The van der Waals surface area contributed by atoms with Gasteiger partial charge in [-0.3, -0.25) is 0 Å². The third-order valence-corrected chi connectivity index (χ3v) is 3.70. The van der Waals surface area contributed by atoms with Gasteiger partial charge in [0, 0.05) is 15.6 Å². The number of halogens is 1. The van der Waals surface area contributed by atoms with Crippen LogP contribution in [0.25, 0.3) is 0 Å². The van der Waals surface area contributed by atoms with Gasteiger partial charge < -0.3 is 15.4 Å². The number of benzene rings is 2. The highest BCUT2D eigenvalue weighted by Gasteiger charge is 2.08. The first-order valence-corrected chi connectivity index (χ1v) is 7.78. The minimum atomic E-state index is -0.353. The highest BCUT2D eigenvalue weighted by Crippen LogP contribution is 2.28. The van der Waals surface area contributed by atoms with Gasteiger partial charge >= 0.3 is 6.03 Å². The summed E-state index contributed by atoms with van der Waals surface area (Å²) >= 11 is 7.54. The zero-order chi connectivity index (χ0) is 15.2. The van der Waals surface area contributed by atoms with Crippen LogP contribution in [0.15, 0.2) is 47.4 Å². The number of rotatable bonds is 4. The second-order valence-corrected chi connectivity index (χ2v) is 5.47. The van der Waals surface area contributed by atoms with E-state index in [-0.39, 0.29) is 6.03 Å². The van der Waals surface area contributed by atoms with Crippen LogP contribution in [0.1, 0.15) is 0 Å². The topological polar surface area (TPSA) is 50.4 Å². The number of ether oxygens (including phenoxy) is 1. The Kier molecular flexibility index (Phi) is 5.36. The molecule has 0 bridgehead atoms. The van der Waals surface area contributed by atoms with Crippen molar-refractivity contribution < 1.29 is 9.53 Å². The van der Waals surface area contributed by atoms with Gasteiger partial charge in [-0.05, 0) is 42.7 Å². The van der Waals surface area contributed by atoms with Crippen LogP contribution < -0.4 is 15.4 Å². The third kappa shape index (κ3) is 4.31. The summed E-state index contributed by atoms with van der Waals surface area (Å²) in [4.78, 5) is 13.1. The lowest BCUT2D eigenvalue weighted by Crippen LogP contribution is -2.19. The molecule has 6 heteroatoms. The van der Waals surface area contributed by atoms with Gasteiger partial charge in [0.2, 0.25) is 0 Å². The van der Waals surface area contributed by atoms with E-state index in [4.69, 9.17) is 16.3 Å². The Labute approximate surface area is 132 Å². The van der Waals surface area contributed by atoms with E-state index in [1.807, 2.05) is 30.5 Å². The van der Waals surface area contributed by atoms with Crippen molar-refractivity contribution in [3.05, 3.63) is 47.5 Å². The molecule has 0 heterocycles. The van der Waals surface area contributed by atoms with Crippen molar-refractivity contribution in [2.75, 3.05) is 24.0 Å². The van der Waals surface area contributed by atoms with Crippen molar-refractivity contribution in [3.63, 3.8) is 0 Å². The first-order chi connectivity index (χ1) is 10.1. The summed E-state index contributed by atoms with van der Waals surface area (Å²) < 4.78 is 5.18. The second-order valence-electron chi connectivity index (χ2n) is 4.16. The van der Waals surface area contributed by atoms with Gasteiger partial charge in [0.05, 0.1) is 12.8 Å². The van der Waals surface area contributed by atoms with E-state index >= 15 is 0 Å². The molecular weight excluding hydrogens is 308 g/mol. The van der Waals surface area contributed by atoms with E-state index in [1.165, 1.54) is 7.11 Å². The fourth-order valence-electron chi connectivity index (χ4n) is 1.76. The summed E-state index contributed by atoms with van der Waals surface area (Å²) in [6.07, 6.45) is 1.98. The quantitative estimate of drug-likeness (QED) is 0.801. The lowest BCUT2D eigenvalue weighted by molar-refractivity contribution is 0.262. The summed E-state index contributed by atoms with van der Waals surface area (Å²) in [6.45, 7) is 0. The molecule has 2 rings (SSSR count). The zero-order valence-electron chi connectivity index (χ0n) is 11.6. The van der Waals surface area contributed by atoms with E-state index in [0.717, 1.165) is 10.6 Å². The molecule has 0 spiro atoms. The fourth-order valence-corrected chi connectivity index (χ4v) is 2.39. The molecule has 110 valence electrons. The van der Waals surface area contributed by atoms with E-state index in [2.05, 4.69) is 10.6 Å². The average Bonchev–Trinajstić information content (AvgIpc) is 2.47. The van der Waals surface area contributed by atoms with Crippen LogP contribution in [-0.4, -0.2) is 19.4 Å². The molecule has 0 aliphatic carbocycles. The molecule has 2 N–H and O–H groups in total. The van der Waals surface area contributed by atoms with E-state index in [1.54, 1.807) is 30.0 Å². The van der Waals surface area contributed by atoms with Crippen LogP contribution >= 0.6 is 23.4 Å². The van der Waals surface area contributed by atoms with Crippen LogP contribution in [0.4, 0.5) is 16.2 Å². The Bertz CT molecular complexity index is 649. The number of nitrogens with one attached hydrogen (secondary N) is 2. The number of thioether (sulfide) groups is 1. The Morgan fingerprint density at radius 1 is 1.19 bits per heavy atom. The molecule has 21 heavy (non-hydrogen) atoms. The second kappa shape index (κ2) is 7.24. The lowest BCUT2D eigenvalue weighted by atomic mass is 10.3. The highest BCUT2D eigenvalue weighted by molar-refractivity contribution is 7.98. The van der Waals surface area contributed by atoms with Gasteiger partial charge in [0.1, 0.15) is 5.75 Å². The van der Waals surface area contributed by atoms with Crippen molar-refractivity contribution in [3.8, 4) is 5.75 Å². The fraction of sp³-hybridized carbons (Fsp3) is 0.133. The van der Waals surface area contributed by atoms with Crippen molar-refractivity contribution in [2.24, 2.45) is 0 Å². The Hall–Kier alpha value is -1.85. The molecule has 2 aromatic carbocycles. The molecule has 0 aliphatic heterocycles. The molecule has 0 aliphatic rings. The SMILES string of the molecule is COc1ccc(Cl)cc1NC(=O)Nc1cccc(SC)c1. The van der Waals surface area contributed by atoms with Gasteiger partial charge in [0.15, 0.2) is 0 Å². The summed E-state index contributed by atoms with van der Waals surface area (Å²) in [5.41, 5.74) is 1.24. The standard InChI is InChI=1S/C15H15ClN2O2S/c1-20-14-7-6-10(16)8-13(14)18-15(19)17-11-4-3-5-12(9-11)21-2/h3-9H,1-2H3,(H2,17,18,19). The smallest absolute Gasteiger partial charge is 0.323 e. The number of hydrogen-bond donors (Lipinski definition) is 2. The van der Waals surface area contributed by atoms with Gasteiger partial charge in [-0.15, -0.1) is 11.8 Å². The summed E-state index contributed by atoms with van der Waals surface area (Å²) in [5, 5.41) is 6.02. The maximum absolute atomic E-state index is 12.0. The number of urea groups is 1. The predicted molar refractivity (Wildman–Crippen MR) is 88.9 cm³/mol. The van der Waals surface area contributed by atoms with Crippen LogP contribution in [0, 0.1) is 0 Å². The molecule has 2 amide bonds. The molecule has 0 saturated carbocycles. The predicted octanol–water partition coefficient (Wildman–Crippen LogP) is 4.71. The number of carbonyl (C=O) groups excluding carboxylic acids is 1. The maximum atomic E-state index is 12.0. The van der Waals surface area contributed by atoms with Crippen molar-refractivity contribution >= 4 is 40.8 Å².